The maximum absolute atomic E-state index is 12.4. The van der Waals surface area contributed by atoms with Gasteiger partial charge in [-0.3, -0.25) is 0 Å². The normalized spacial score (nSPS) is 13.6. The van der Waals surface area contributed by atoms with Crippen LogP contribution in [-0.4, -0.2) is 33.9 Å². The van der Waals surface area contributed by atoms with E-state index < -0.39 is 10.0 Å². The van der Waals surface area contributed by atoms with E-state index in [0.717, 1.165) is 11.3 Å². The fraction of sp³-hybridized carbons (Fsp3) is 0.294. The van der Waals surface area contributed by atoms with Crippen molar-refractivity contribution in [3.63, 3.8) is 0 Å². The summed E-state index contributed by atoms with van der Waals surface area (Å²) in [7, 11) is -3.57. The number of rotatable bonds is 7. The van der Waals surface area contributed by atoms with Crippen LogP contribution in [0.15, 0.2) is 47.4 Å². The summed E-state index contributed by atoms with van der Waals surface area (Å²) in [5, 5.41) is 0.706. The number of benzene rings is 2. The van der Waals surface area contributed by atoms with Gasteiger partial charge in [0.15, 0.2) is 11.5 Å². The van der Waals surface area contributed by atoms with Crippen molar-refractivity contribution in [1.29, 1.82) is 0 Å². The van der Waals surface area contributed by atoms with E-state index in [2.05, 4.69) is 4.72 Å². The number of halogens is 1. The summed E-state index contributed by atoms with van der Waals surface area (Å²) in [5.41, 5.74) is 1.12. The SMILES string of the molecule is O=S(=O)(NCCSCc1cccc(Cl)c1)c1ccc2c(c1)OCCO2. The van der Waals surface area contributed by atoms with Crippen molar-refractivity contribution < 1.29 is 17.9 Å². The van der Waals surface area contributed by atoms with Crippen LogP contribution in [0.25, 0.3) is 0 Å². The summed E-state index contributed by atoms with van der Waals surface area (Å²) in [6.07, 6.45) is 0. The molecule has 0 fully saturated rings. The first-order valence-electron chi connectivity index (χ1n) is 7.76. The van der Waals surface area contributed by atoms with Gasteiger partial charge in [0.25, 0.3) is 0 Å². The molecule has 5 nitrogen and oxygen atoms in total. The van der Waals surface area contributed by atoms with Crippen molar-refractivity contribution in [2.24, 2.45) is 0 Å². The quantitative estimate of drug-likeness (QED) is 0.723. The number of fused-ring (bicyclic) bond motifs is 1. The molecular formula is C17H18ClNO4S2. The van der Waals surface area contributed by atoms with E-state index in [1.54, 1.807) is 17.8 Å². The zero-order chi connectivity index (χ0) is 17.7. The number of hydrogen-bond acceptors (Lipinski definition) is 5. The van der Waals surface area contributed by atoms with Gasteiger partial charge in [-0.1, -0.05) is 23.7 Å². The maximum Gasteiger partial charge on any atom is 0.240 e. The first-order chi connectivity index (χ1) is 12.0. The zero-order valence-electron chi connectivity index (χ0n) is 13.4. The summed E-state index contributed by atoms with van der Waals surface area (Å²) in [6.45, 7) is 1.24. The fourth-order valence-electron chi connectivity index (χ4n) is 2.34. The molecule has 3 rings (SSSR count). The first kappa shape index (κ1) is 18.4. The van der Waals surface area contributed by atoms with Crippen LogP contribution >= 0.6 is 23.4 Å². The minimum Gasteiger partial charge on any atom is -0.486 e. The van der Waals surface area contributed by atoms with Gasteiger partial charge >= 0.3 is 0 Å². The lowest BCUT2D eigenvalue weighted by molar-refractivity contribution is 0.171. The second kappa shape index (κ2) is 8.31. The lowest BCUT2D eigenvalue weighted by Gasteiger charge is -2.18. The van der Waals surface area contributed by atoms with E-state index in [-0.39, 0.29) is 4.90 Å². The van der Waals surface area contributed by atoms with Crippen LogP contribution in [0.3, 0.4) is 0 Å². The Balaban J connectivity index is 1.50. The number of ether oxygens (including phenoxy) is 2. The van der Waals surface area contributed by atoms with Crippen LogP contribution in [0.1, 0.15) is 5.56 Å². The predicted octanol–water partition coefficient (Wildman–Crippen LogP) is 3.32. The molecule has 25 heavy (non-hydrogen) atoms. The Bertz CT molecular complexity index is 842. The summed E-state index contributed by atoms with van der Waals surface area (Å²) < 4.78 is 38.2. The van der Waals surface area contributed by atoms with E-state index in [9.17, 15) is 8.42 Å². The standard InChI is InChI=1S/C17H18ClNO4S2/c18-14-3-1-2-13(10-14)12-24-9-6-19-25(20,21)15-4-5-16-17(11-15)23-8-7-22-16/h1-5,10-11,19H,6-9,12H2. The summed E-state index contributed by atoms with van der Waals surface area (Å²) in [6, 6.07) is 12.3. The van der Waals surface area contributed by atoms with Crippen molar-refractivity contribution in [3.8, 4) is 11.5 Å². The molecule has 8 heteroatoms. The lowest BCUT2D eigenvalue weighted by atomic mass is 10.2. The van der Waals surface area contributed by atoms with Crippen molar-refractivity contribution in [3.05, 3.63) is 53.1 Å². The molecule has 2 aromatic carbocycles. The van der Waals surface area contributed by atoms with Crippen LogP contribution in [0.2, 0.25) is 5.02 Å². The molecule has 0 unspecified atom stereocenters. The molecule has 1 N–H and O–H groups in total. The second-order valence-corrected chi connectivity index (χ2v) is 8.69. The first-order valence-corrected chi connectivity index (χ1v) is 10.8. The van der Waals surface area contributed by atoms with E-state index in [1.807, 2.05) is 24.3 Å². The molecule has 134 valence electrons. The Morgan fingerprint density at radius 1 is 1.08 bits per heavy atom. The number of nitrogens with one attached hydrogen (secondary N) is 1. The Morgan fingerprint density at radius 3 is 2.68 bits per heavy atom. The fourth-order valence-corrected chi connectivity index (χ4v) is 4.53. The van der Waals surface area contributed by atoms with Crippen LogP contribution in [0, 0.1) is 0 Å². The molecule has 0 atom stereocenters. The highest BCUT2D eigenvalue weighted by Gasteiger charge is 2.18. The van der Waals surface area contributed by atoms with Crippen LogP contribution in [0.5, 0.6) is 11.5 Å². The third-order valence-corrected chi connectivity index (χ3v) is 6.24. The van der Waals surface area contributed by atoms with Gasteiger partial charge in [-0.25, -0.2) is 13.1 Å². The van der Waals surface area contributed by atoms with E-state index in [1.165, 1.54) is 12.1 Å². The largest absolute Gasteiger partial charge is 0.486 e. The van der Waals surface area contributed by atoms with Crippen LogP contribution < -0.4 is 14.2 Å². The average Bonchev–Trinajstić information content (AvgIpc) is 2.61. The molecule has 0 bridgehead atoms. The molecule has 0 saturated heterocycles. The molecule has 0 spiro atoms. The number of sulfonamides is 1. The number of thioether (sulfide) groups is 1. The minimum atomic E-state index is -3.57. The molecule has 0 amide bonds. The topological polar surface area (TPSA) is 64.6 Å². The highest BCUT2D eigenvalue weighted by molar-refractivity contribution is 7.98. The molecule has 1 heterocycles. The summed E-state index contributed by atoms with van der Waals surface area (Å²) >= 11 is 7.59. The summed E-state index contributed by atoms with van der Waals surface area (Å²) in [4.78, 5) is 0.177. The molecule has 0 saturated carbocycles. The molecular weight excluding hydrogens is 382 g/mol. The van der Waals surface area contributed by atoms with Crippen LogP contribution in [0.4, 0.5) is 0 Å². The highest BCUT2D eigenvalue weighted by atomic mass is 35.5. The monoisotopic (exact) mass is 399 g/mol. The average molecular weight is 400 g/mol. The Hall–Kier alpha value is -1.41. The van der Waals surface area contributed by atoms with E-state index in [0.29, 0.717) is 42.0 Å². The van der Waals surface area contributed by atoms with Gasteiger partial charge in [0.05, 0.1) is 4.90 Å². The third kappa shape index (κ3) is 5.04. The Morgan fingerprint density at radius 2 is 1.88 bits per heavy atom. The Labute approximate surface area is 156 Å². The van der Waals surface area contributed by atoms with Gasteiger partial charge in [0, 0.05) is 29.1 Å². The van der Waals surface area contributed by atoms with Gasteiger partial charge in [0.2, 0.25) is 10.0 Å². The predicted molar refractivity (Wildman–Crippen MR) is 100 cm³/mol. The van der Waals surface area contributed by atoms with Gasteiger partial charge < -0.3 is 9.47 Å². The van der Waals surface area contributed by atoms with Gasteiger partial charge in [-0.15, -0.1) is 0 Å². The second-order valence-electron chi connectivity index (χ2n) is 5.39. The molecule has 0 radical (unpaired) electrons. The van der Waals surface area contributed by atoms with Crippen molar-refractivity contribution in [2.75, 3.05) is 25.5 Å². The third-order valence-electron chi connectivity index (χ3n) is 3.52. The van der Waals surface area contributed by atoms with E-state index in [4.69, 9.17) is 21.1 Å². The highest BCUT2D eigenvalue weighted by Crippen LogP contribution is 2.32. The lowest BCUT2D eigenvalue weighted by Crippen LogP contribution is -2.26. The van der Waals surface area contributed by atoms with Gasteiger partial charge in [0.1, 0.15) is 13.2 Å². The molecule has 2 aromatic rings. The van der Waals surface area contributed by atoms with E-state index >= 15 is 0 Å². The molecule has 0 aromatic heterocycles. The van der Waals surface area contributed by atoms with Crippen molar-refractivity contribution in [2.45, 2.75) is 10.6 Å². The smallest absolute Gasteiger partial charge is 0.240 e. The van der Waals surface area contributed by atoms with Gasteiger partial charge in [-0.05, 0) is 29.8 Å². The molecule has 1 aliphatic heterocycles. The molecule has 0 aliphatic carbocycles. The van der Waals surface area contributed by atoms with Gasteiger partial charge in [-0.2, -0.15) is 11.8 Å². The van der Waals surface area contributed by atoms with Crippen molar-refractivity contribution in [1.82, 2.24) is 4.72 Å². The summed E-state index contributed by atoms with van der Waals surface area (Å²) in [5.74, 6) is 2.48. The maximum atomic E-state index is 12.4. The molecule has 1 aliphatic rings. The minimum absolute atomic E-state index is 0.177. The van der Waals surface area contributed by atoms with Crippen molar-refractivity contribution >= 4 is 33.4 Å². The number of hydrogen-bond donors (Lipinski definition) is 1. The van der Waals surface area contributed by atoms with Crippen LogP contribution in [-0.2, 0) is 15.8 Å². The Kier molecular flexibility index (Phi) is 6.11. The zero-order valence-corrected chi connectivity index (χ0v) is 15.8.